The van der Waals surface area contributed by atoms with Crippen molar-refractivity contribution in [2.45, 2.75) is 83.5 Å². The lowest BCUT2D eigenvalue weighted by molar-refractivity contribution is -0.274. The van der Waals surface area contributed by atoms with Crippen molar-refractivity contribution in [1.29, 1.82) is 0 Å². The molecule has 0 aliphatic heterocycles. The summed E-state index contributed by atoms with van der Waals surface area (Å²) in [5.74, 6) is -2.59. The molecule has 8 atom stereocenters. The van der Waals surface area contributed by atoms with Gasteiger partial charge in [-0.25, -0.2) is 0 Å². The third-order valence-corrected chi connectivity index (χ3v) is 11.8. The summed E-state index contributed by atoms with van der Waals surface area (Å²) in [4.78, 5) is 44.0. The zero-order valence-corrected chi connectivity index (χ0v) is 27.0. The molecule has 3 saturated carbocycles. The number of ether oxygens (including phenoxy) is 2. The predicted molar refractivity (Wildman–Crippen MR) is 163 cm³/mol. The highest BCUT2D eigenvalue weighted by molar-refractivity contribution is 7.99. The second-order valence-corrected chi connectivity index (χ2v) is 14.3. The van der Waals surface area contributed by atoms with E-state index in [4.69, 9.17) is 10.5 Å². The van der Waals surface area contributed by atoms with Crippen LogP contribution >= 0.6 is 11.8 Å². The Bertz CT molecular complexity index is 1530. The molecule has 1 heterocycles. The summed E-state index contributed by atoms with van der Waals surface area (Å²) < 4.78 is 48.2. The van der Waals surface area contributed by atoms with E-state index in [9.17, 15) is 32.7 Å². The average Bonchev–Trinajstić information content (AvgIpc) is 3.55. The Balaban J connectivity index is 1.33. The first kappa shape index (κ1) is 34.0. The molecule has 0 spiro atoms. The maximum Gasteiger partial charge on any atom is 0.573 e. The molecule has 0 radical (unpaired) electrons. The van der Waals surface area contributed by atoms with E-state index in [0.29, 0.717) is 19.3 Å². The number of ketones is 1. The highest BCUT2D eigenvalue weighted by atomic mass is 32.2. The molecule has 0 amide bonds. The standard InChI is InChI=1S/C32H39F3N4O6S/c1-6-29(4)15-22(30(5)17(2)11-13-31(18(3)25(29)42)14-12-21(40)24(30)31)44-23(41)16-46-28-37-27(36)39(38-28)26(43)19-7-9-20(10-8-19)45-32(33,34)35/h6-10,17-18,22,24-25,42H,1,11-16H2,2-5H3,(H2,36,37,38)/t17-,18+,22-,24+,25+,29-,30+,31+/m1/s1. The van der Waals surface area contributed by atoms with Gasteiger partial charge < -0.3 is 20.3 Å². The molecule has 250 valence electrons. The highest BCUT2D eigenvalue weighted by Gasteiger charge is 2.68. The molecule has 14 heteroatoms. The predicted octanol–water partition coefficient (Wildman–Crippen LogP) is 5.45. The van der Waals surface area contributed by atoms with Crippen LogP contribution in [0.3, 0.4) is 0 Å². The number of thioether (sulfide) groups is 1. The minimum atomic E-state index is -4.87. The van der Waals surface area contributed by atoms with E-state index in [1.54, 1.807) is 6.08 Å². The largest absolute Gasteiger partial charge is 0.573 e. The van der Waals surface area contributed by atoms with Gasteiger partial charge >= 0.3 is 12.3 Å². The SMILES string of the molecule is C=C[C@]1(C)C[C@@H](OC(=O)CSc2nc(N)n(C(=O)c3ccc(OC(F)(F)F)cc3)n2)[C@]2(C)[C@H](C)CC[C@]3(CCC(=O)[C@H]32)[C@@H](C)[C@@H]1O. The van der Waals surface area contributed by atoms with Crippen LogP contribution in [0, 0.1) is 34.0 Å². The number of rotatable bonds is 7. The summed E-state index contributed by atoms with van der Waals surface area (Å²) in [6.45, 7) is 12.1. The van der Waals surface area contributed by atoms with Gasteiger partial charge in [0.15, 0.2) is 0 Å². The van der Waals surface area contributed by atoms with Gasteiger partial charge in [-0.05, 0) is 67.2 Å². The number of alkyl halides is 3. The summed E-state index contributed by atoms with van der Waals surface area (Å²) in [5, 5.41) is 15.8. The highest BCUT2D eigenvalue weighted by Crippen LogP contribution is 2.68. The summed E-state index contributed by atoms with van der Waals surface area (Å²) in [6.07, 6.45) is -1.52. The Morgan fingerprint density at radius 3 is 2.52 bits per heavy atom. The number of benzene rings is 1. The fourth-order valence-electron chi connectivity index (χ4n) is 8.25. The van der Waals surface area contributed by atoms with Gasteiger partial charge in [0.05, 0.1) is 11.9 Å². The minimum absolute atomic E-state index is 0.0134. The van der Waals surface area contributed by atoms with E-state index >= 15 is 0 Å². The summed E-state index contributed by atoms with van der Waals surface area (Å²) in [6, 6.07) is 4.25. The van der Waals surface area contributed by atoms with E-state index < -0.39 is 52.4 Å². The molecule has 1 aromatic carbocycles. The van der Waals surface area contributed by atoms with Gasteiger partial charge in [-0.1, -0.05) is 45.5 Å². The van der Waals surface area contributed by atoms with Crippen LogP contribution in [0.25, 0.3) is 0 Å². The molecule has 1 aromatic heterocycles. The third-order valence-electron chi connectivity index (χ3n) is 11.0. The number of hydrogen-bond acceptors (Lipinski definition) is 10. The van der Waals surface area contributed by atoms with Crippen molar-refractivity contribution in [3.63, 3.8) is 0 Å². The van der Waals surface area contributed by atoms with E-state index in [1.165, 1.54) is 0 Å². The number of halogens is 3. The van der Waals surface area contributed by atoms with Crippen LogP contribution in [0.2, 0.25) is 0 Å². The lowest BCUT2D eigenvalue weighted by Crippen LogP contribution is -2.63. The van der Waals surface area contributed by atoms with E-state index in [-0.39, 0.29) is 46.0 Å². The van der Waals surface area contributed by atoms with Crippen LogP contribution in [0.15, 0.2) is 42.1 Å². The summed E-state index contributed by atoms with van der Waals surface area (Å²) in [7, 11) is 0. The lowest BCUT2D eigenvalue weighted by atomic mass is 9.44. The van der Waals surface area contributed by atoms with E-state index in [0.717, 1.165) is 53.6 Å². The number of nitrogens with two attached hydrogens (primary N) is 1. The average molecular weight is 665 g/mol. The number of carbonyl (C=O) groups excluding carboxylic acids is 3. The number of hydrogen-bond donors (Lipinski definition) is 2. The molecular formula is C32H39F3N4O6S. The van der Waals surface area contributed by atoms with Crippen molar-refractivity contribution >= 4 is 35.4 Å². The van der Waals surface area contributed by atoms with Gasteiger partial charge in [0.25, 0.3) is 5.91 Å². The molecule has 10 nitrogen and oxygen atoms in total. The molecule has 0 unspecified atom stereocenters. The Kier molecular flexibility index (Phi) is 8.86. The lowest BCUT2D eigenvalue weighted by Gasteiger charge is -2.61. The van der Waals surface area contributed by atoms with Crippen LogP contribution in [-0.4, -0.2) is 61.9 Å². The second-order valence-electron chi connectivity index (χ2n) is 13.4. The maximum atomic E-state index is 13.6. The Hall–Kier alpha value is -3.39. The molecule has 2 aromatic rings. The van der Waals surface area contributed by atoms with Gasteiger partial charge in [0.2, 0.25) is 11.1 Å². The Morgan fingerprint density at radius 2 is 1.89 bits per heavy atom. The number of aromatic nitrogens is 3. The molecule has 2 bridgehead atoms. The number of anilines is 1. The first-order valence-corrected chi connectivity index (χ1v) is 16.2. The van der Waals surface area contributed by atoms with Crippen LogP contribution in [0.5, 0.6) is 5.75 Å². The van der Waals surface area contributed by atoms with Crippen molar-refractivity contribution in [3.8, 4) is 5.75 Å². The topological polar surface area (TPSA) is 147 Å². The van der Waals surface area contributed by atoms with Gasteiger partial charge in [-0.15, -0.1) is 24.8 Å². The summed E-state index contributed by atoms with van der Waals surface area (Å²) in [5.41, 5.74) is 4.06. The Morgan fingerprint density at radius 1 is 1.22 bits per heavy atom. The monoisotopic (exact) mass is 664 g/mol. The molecule has 3 aliphatic rings. The van der Waals surface area contributed by atoms with Crippen molar-refractivity contribution in [2.75, 3.05) is 11.5 Å². The summed E-state index contributed by atoms with van der Waals surface area (Å²) >= 11 is 0.900. The number of aliphatic hydroxyl groups excluding tert-OH is 1. The molecule has 46 heavy (non-hydrogen) atoms. The van der Waals surface area contributed by atoms with Crippen molar-refractivity contribution in [3.05, 3.63) is 42.5 Å². The smallest absolute Gasteiger partial charge is 0.461 e. The maximum absolute atomic E-state index is 13.6. The number of aliphatic hydroxyl groups is 1. The minimum Gasteiger partial charge on any atom is -0.461 e. The molecule has 3 aliphatic carbocycles. The number of Topliss-reactive ketones (excluding diaryl/α,β-unsaturated/α-hetero) is 1. The number of esters is 1. The number of nitrogens with zero attached hydrogens (tertiary/aromatic N) is 3. The van der Waals surface area contributed by atoms with Crippen molar-refractivity contribution in [2.24, 2.45) is 34.0 Å². The fraction of sp³-hybridized carbons (Fsp3) is 0.594. The van der Waals surface area contributed by atoms with Crippen LogP contribution in [0.4, 0.5) is 19.1 Å². The molecule has 3 fully saturated rings. The van der Waals surface area contributed by atoms with Crippen LogP contribution < -0.4 is 10.5 Å². The normalized spacial score (nSPS) is 34.3. The molecule has 3 N–H and O–H groups in total. The van der Waals surface area contributed by atoms with Crippen LogP contribution in [-0.2, 0) is 14.3 Å². The van der Waals surface area contributed by atoms with Crippen LogP contribution in [0.1, 0.15) is 70.2 Å². The van der Waals surface area contributed by atoms with E-state index in [1.807, 2.05) is 13.8 Å². The first-order valence-electron chi connectivity index (χ1n) is 15.2. The van der Waals surface area contributed by atoms with Gasteiger partial charge in [-0.3, -0.25) is 14.4 Å². The Labute approximate surface area is 269 Å². The second kappa shape index (κ2) is 12.0. The van der Waals surface area contributed by atoms with Gasteiger partial charge in [0.1, 0.15) is 17.6 Å². The number of nitrogen functional groups attached to an aromatic ring is 1. The zero-order chi connectivity index (χ0) is 33.8. The quantitative estimate of drug-likeness (QED) is 0.223. The molecular weight excluding hydrogens is 625 g/mol. The zero-order valence-electron chi connectivity index (χ0n) is 26.2. The van der Waals surface area contributed by atoms with Crippen molar-refractivity contribution in [1.82, 2.24) is 14.8 Å². The van der Waals surface area contributed by atoms with E-state index in [2.05, 4.69) is 35.2 Å². The molecule has 5 rings (SSSR count). The van der Waals surface area contributed by atoms with Crippen molar-refractivity contribution < 1.29 is 42.1 Å². The first-order chi connectivity index (χ1) is 21.4. The third kappa shape index (κ3) is 5.82. The number of carbonyl (C=O) groups is 3. The fourth-order valence-corrected chi connectivity index (χ4v) is 8.87. The van der Waals surface area contributed by atoms with Gasteiger partial charge in [0, 0.05) is 28.7 Å². The molecule has 0 saturated heterocycles. The van der Waals surface area contributed by atoms with Gasteiger partial charge in [-0.2, -0.15) is 9.67 Å².